The minimum atomic E-state index is 0.162. The minimum absolute atomic E-state index is 0.162. The lowest BCUT2D eigenvalue weighted by Gasteiger charge is -2.26. The van der Waals surface area contributed by atoms with Gasteiger partial charge in [0.2, 0.25) is 0 Å². The van der Waals surface area contributed by atoms with E-state index in [1.165, 1.54) is 5.56 Å². The van der Waals surface area contributed by atoms with Gasteiger partial charge in [-0.1, -0.05) is 13.0 Å². The quantitative estimate of drug-likeness (QED) is 0.869. The van der Waals surface area contributed by atoms with E-state index in [1.807, 2.05) is 20.0 Å². The number of fused-ring (bicyclic) bond motifs is 1. The van der Waals surface area contributed by atoms with E-state index in [0.717, 1.165) is 37.6 Å². The Bertz CT molecular complexity index is 422. The van der Waals surface area contributed by atoms with Crippen LogP contribution in [0.1, 0.15) is 38.3 Å². The largest absolute Gasteiger partial charge is 0.490 e. The Labute approximate surface area is 121 Å². The summed E-state index contributed by atoms with van der Waals surface area (Å²) in [6, 6.07) is 6.33. The summed E-state index contributed by atoms with van der Waals surface area (Å²) in [6.07, 6.45) is 2.05. The van der Waals surface area contributed by atoms with Gasteiger partial charge in [-0.25, -0.2) is 0 Å². The molecule has 4 heteroatoms. The molecular weight excluding hydrogens is 254 g/mol. The Morgan fingerprint density at radius 3 is 2.60 bits per heavy atom. The number of ether oxygens (including phenoxy) is 3. The molecule has 0 spiro atoms. The van der Waals surface area contributed by atoms with Gasteiger partial charge in [0.1, 0.15) is 0 Å². The van der Waals surface area contributed by atoms with E-state index in [-0.39, 0.29) is 12.1 Å². The van der Waals surface area contributed by atoms with Crippen LogP contribution >= 0.6 is 0 Å². The zero-order chi connectivity index (χ0) is 14.4. The monoisotopic (exact) mass is 279 g/mol. The van der Waals surface area contributed by atoms with Gasteiger partial charge in [-0.05, 0) is 38.1 Å². The van der Waals surface area contributed by atoms with Crippen molar-refractivity contribution in [1.29, 1.82) is 0 Å². The van der Waals surface area contributed by atoms with Crippen molar-refractivity contribution in [2.75, 3.05) is 26.9 Å². The minimum Gasteiger partial charge on any atom is -0.490 e. The topological polar surface area (TPSA) is 39.7 Å². The Balaban J connectivity index is 2.23. The van der Waals surface area contributed by atoms with Crippen LogP contribution < -0.4 is 14.8 Å². The maximum atomic E-state index is 5.83. The van der Waals surface area contributed by atoms with Gasteiger partial charge in [-0.3, -0.25) is 0 Å². The van der Waals surface area contributed by atoms with Gasteiger partial charge in [0, 0.05) is 13.0 Å². The second-order valence-electron chi connectivity index (χ2n) is 4.93. The molecule has 0 radical (unpaired) electrons. The summed E-state index contributed by atoms with van der Waals surface area (Å²) in [5.74, 6) is 1.68. The van der Waals surface area contributed by atoms with Crippen molar-refractivity contribution in [2.45, 2.75) is 38.8 Å². The molecule has 1 aromatic carbocycles. The fourth-order valence-electron chi connectivity index (χ4n) is 2.60. The lowest BCUT2D eigenvalue weighted by Crippen LogP contribution is -2.31. The van der Waals surface area contributed by atoms with Gasteiger partial charge in [0.25, 0.3) is 0 Å². The van der Waals surface area contributed by atoms with E-state index in [9.17, 15) is 0 Å². The molecule has 0 aromatic heterocycles. The zero-order valence-corrected chi connectivity index (χ0v) is 12.6. The highest BCUT2D eigenvalue weighted by Gasteiger charge is 2.22. The molecule has 0 saturated carbocycles. The van der Waals surface area contributed by atoms with Crippen LogP contribution in [0.25, 0.3) is 0 Å². The predicted molar refractivity (Wildman–Crippen MR) is 79.6 cm³/mol. The molecule has 112 valence electrons. The van der Waals surface area contributed by atoms with Crippen molar-refractivity contribution in [2.24, 2.45) is 0 Å². The number of hydrogen-bond acceptors (Lipinski definition) is 4. The molecule has 20 heavy (non-hydrogen) atoms. The summed E-state index contributed by atoms with van der Waals surface area (Å²) in [5, 5.41) is 3.36. The highest BCUT2D eigenvalue weighted by molar-refractivity contribution is 5.44. The number of nitrogens with one attached hydrogen (secondary N) is 1. The smallest absolute Gasteiger partial charge is 0.161 e. The van der Waals surface area contributed by atoms with Crippen LogP contribution in [0.15, 0.2) is 18.2 Å². The van der Waals surface area contributed by atoms with E-state index >= 15 is 0 Å². The SMILES string of the molecule is CCOC(CC)C(NC)c1ccc2c(c1)OCCCO2. The van der Waals surface area contributed by atoms with E-state index in [4.69, 9.17) is 14.2 Å². The van der Waals surface area contributed by atoms with E-state index < -0.39 is 0 Å². The zero-order valence-electron chi connectivity index (χ0n) is 12.6. The lowest BCUT2D eigenvalue weighted by molar-refractivity contribution is 0.0333. The van der Waals surface area contributed by atoms with Crippen molar-refractivity contribution in [3.63, 3.8) is 0 Å². The van der Waals surface area contributed by atoms with Gasteiger partial charge in [0.05, 0.1) is 25.4 Å². The third kappa shape index (κ3) is 3.44. The maximum Gasteiger partial charge on any atom is 0.161 e. The normalized spacial score (nSPS) is 17.4. The maximum absolute atomic E-state index is 5.83. The Kier molecular flexibility index (Phi) is 5.68. The first kappa shape index (κ1) is 15.1. The first-order valence-corrected chi connectivity index (χ1v) is 7.48. The molecule has 0 bridgehead atoms. The molecule has 1 heterocycles. The summed E-state index contributed by atoms with van der Waals surface area (Å²) >= 11 is 0. The molecule has 2 unspecified atom stereocenters. The molecule has 0 amide bonds. The molecule has 1 aromatic rings. The second kappa shape index (κ2) is 7.50. The van der Waals surface area contributed by atoms with Crippen LogP contribution in [0.3, 0.4) is 0 Å². The fourth-order valence-corrected chi connectivity index (χ4v) is 2.60. The van der Waals surface area contributed by atoms with Gasteiger partial charge in [0.15, 0.2) is 11.5 Å². The van der Waals surface area contributed by atoms with Crippen LogP contribution in [-0.4, -0.2) is 33.0 Å². The Morgan fingerprint density at radius 2 is 1.95 bits per heavy atom. The molecule has 1 N–H and O–H groups in total. The average molecular weight is 279 g/mol. The molecule has 4 nitrogen and oxygen atoms in total. The third-order valence-corrected chi connectivity index (χ3v) is 3.60. The summed E-state index contributed by atoms with van der Waals surface area (Å²) < 4.78 is 17.3. The molecular formula is C16H25NO3. The van der Waals surface area contributed by atoms with Crippen molar-refractivity contribution in [3.05, 3.63) is 23.8 Å². The van der Waals surface area contributed by atoms with Crippen molar-refractivity contribution in [3.8, 4) is 11.5 Å². The fraction of sp³-hybridized carbons (Fsp3) is 0.625. The average Bonchev–Trinajstić information content (AvgIpc) is 2.71. The van der Waals surface area contributed by atoms with E-state index in [0.29, 0.717) is 6.61 Å². The van der Waals surface area contributed by atoms with Crippen molar-refractivity contribution in [1.82, 2.24) is 5.32 Å². The Hall–Kier alpha value is -1.26. The summed E-state index contributed by atoms with van der Waals surface area (Å²) in [5.41, 5.74) is 1.18. The standard InChI is InChI=1S/C16H25NO3/c1-4-13(18-5-2)16(17-3)12-7-8-14-15(11-12)20-10-6-9-19-14/h7-8,11,13,16-17H,4-6,9-10H2,1-3H3. The number of rotatable bonds is 6. The highest BCUT2D eigenvalue weighted by atomic mass is 16.5. The van der Waals surface area contributed by atoms with Gasteiger partial charge >= 0.3 is 0 Å². The summed E-state index contributed by atoms with van der Waals surface area (Å²) in [6.45, 7) is 6.33. The van der Waals surface area contributed by atoms with Crippen LogP contribution in [-0.2, 0) is 4.74 Å². The van der Waals surface area contributed by atoms with E-state index in [1.54, 1.807) is 0 Å². The third-order valence-electron chi connectivity index (χ3n) is 3.60. The van der Waals surface area contributed by atoms with Crippen molar-refractivity contribution >= 4 is 0 Å². The van der Waals surface area contributed by atoms with Crippen molar-refractivity contribution < 1.29 is 14.2 Å². The molecule has 2 rings (SSSR count). The molecule has 0 fully saturated rings. The number of hydrogen-bond donors (Lipinski definition) is 1. The lowest BCUT2D eigenvalue weighted by atomic mass is 9.99. The van der Waals surface area contributed by atoms with Gasteiger partial charge < -0.3 is 19.5 Å². The van der Waals surface area contributed by atoms with E-state index in [2.05, 4.69) is 24.4 Å². The molecule has 1 aliphatic heterocycles. The highest BCUT2D eigenvalue weighted by Crippen LogP contribution is 2.33. The number of likely N-dealkylation sites (N-methyl/N-ethyl adjacent to an activating group) is 1. The van der Waals surface area contributed by atoms with Crippen LogP contribution in [0.4, 0.5) is 0 Å². The molecule has 1 aliphatic rings. The molecule has 0 aliphatic carbocycles. The first-order valence-electron chi connectivity index (χ1n) is 7.48. The predicted octanol–water partition coefficient (Wildman–Crippen LogP) is 2.92. The van der Waals surface area contributed by atoms with Crippen LogP contribution in [0.5, 0.6) is 11.5 Å². The molecule has 0 saturated heterocycles. The second-order valence-corrected chi connectivity index (χ2v) is 4.93. The summed E-state index contributed by atoms with van der Waals surface area (Å²) in [7, 11) is 1.97. The Morgan fingerprint density at radius 1 is 1.20 bits per heavy atom. The number of benzene rings is 1. The molecule has 2 atom stereocenters. The summed E-state index contributed by atoms with van der Waals surface area (Å²) in [4.78, 5) is 0. The van der Waals surface area contributed by atoms with Gasteiger partial charge in [-0.15, -0.1) is 0 Å². The van der Waals surface area contributed by atoms with Gasteiger partial charge in [-0.2, -0.15) is 0 Å². The van der Waals surface area contributed by atoms with Crippen LogP contribution in [0, 0.1) is 0 Å². The first-order chi connectivity index (χ1) is 9.80. The van der Waals surface area contributed by atoms with Crippen LogP contribution in [0.2, 0.25) is 0 Å².